The van der Waals surface area contributed by atoms with Gasteiger partial charge in [0.15, 0.2) is 9.84 Å². The highest BCUT2D eigenvalue weighted by Crippen LogP contribution is 2.43. The number of nitrogen functional groups attached to an aromatic ring is 1. The van der Waals surface area contributed by atoms with Crippen molar-refractivity contribution >= 4 is 27.1 Å². The molecule has 2 N–H and O–H groups in total. The van der Waals surface area contributed by atoms with Crippen LogP contribution < -0.4 is 10.5 Å². The quantitative estimate of drug-likeness (QED) is 0.529. The number of anilines is 1. The SMILES string of the molecule is C=CC(F)(F)c1cc(N)cc(Cl)c1-c1ccc(OC)c(S(=O)(=O)C(C)C)c1. The summed E-state index contributed by atoms with van der Waals surface area (Å²) in [6, 6.07) is 6.60. The van der Waals surface area contributed by atoms with Crippen molar-refractivity contribution in [1.82, 2.24) is 0 Å². The summed E-state index contributed by atoms with van der Waals surface area (Å²) >= 11 is 6.21. The van der Waals surface area contributed by atoms with Gasteiger partial charge in [0.1, 0.15) is 10.6 Å². The molecular formula is C19H20ClF2NO3S. The molecule has 0 unspecified atom stereocenters. The third-order valence-electron chi connectivity index (χ3n) is 4.11. The summed E-state index contributed by atoms with van der Waals surface area (Å²) < 4.78 is 59.3. The summed E-state index contributed by atoms with van der Waals surface area (Å²) in [6.07, 6.45) is 0.483. The number of rotatable bonds is 6. The zero-order chi connectivity index (χ0) is 20.6. The fourth-order valence-corrected chi connectivity index (χ4v) is 4.17. The van der Waals surface area contributed by atoms with Gasteiger partial charge in [-0.15, -0.1) is 0 Å². The number of hydrogen-bond acceptors (Lipinski definition) is 4. The fraction of sp³-hybridized carbons (Fsp3) is 0.263. The summed E-state index contributed by atoms with van der Waals surface area (Å²) in [5, 5.41) is -0.748. The number of halogens is 3. The van der Waals surface area contributed by atoms with Gasteiger partial charge in [0.05, 0.1) is 17.4 Å². The van der Waals surface area contributed by atoms with E-state index in [1.54, 1.807) is 0 Å². The normalized spacial score (nSPS) is 12.3. The highest BCUT2D eigenvalue weighted by molar-refractivity contribution is 7.92. The Labute approximate surface area is 162 Å². The van der Waals surface area contributed by atoms with Crippen molar-refractivity contribution in [2.75, 3.05) is 12.8 Å². The molecule has 0 aromatic heterocycles. The van der Waals surface area contributed by atoms with Crippen LogP contribution in [0.15, 0.2) is 47.9 Å². The minimum atomic E-state index is -3.73. The van der Waals surface area contributed by atoms with Crippen LogP contribution in [0.2, 0.25) is 5.02 Å². The highest BCUT2D eigenvalue weighted by Gasteiger charge is 2.33. The van der Waals surface area contributed by atoms with E-state index < -0.39 is 26.6 Å². The Balaban J connectivity index is 2.87. The molecule has 0 radical (unpaired) electrons. The molecule has 0 amide bonds. The molecule has 0 saturated heterocycles. The standard InChI is InChI=1S/C19H20ClF2NO3S/c1-5-19(21,22)14-9-13(23)10-15(20)18(14)12-6-7-16(26-4)17(8-12)27(24,25)11(2)3/h5-11H,1,23H2,2-4H3. The maximum absolute atomic E-state index is 14.4. The number of nitrogens with two attached hydrogens (primary N) is 1. The van der Waals surface area contributed by atoms with E-state index in [1.165, 1.54) is 45.2 Å². The highest BCUT2D eigenvalue weighted by atomic mass is 35.5. The maximum atomic E-state index is 14.4. The molecule has 0 aliphatic carbocycles. The van der Waals surface area contributed by atoms with Gasteiger partial charge < -0.3 is 10.5 Å². The average Bonchev–Trinajstić information content (AvgIpc) is 2.60. The van der Waals surface area contributed by atoms with Gasteiger partial charge in [-0.1, -0.05) is 24.2 Å². The van der Waals surface area contributed by atoms with Crippen LogP contribution in [-0.2, 0) is 15.8 Å². The molecule has 0 aliphatic heterocycles. The van der Waals surface area contributed by atoms with Crippen LogP contribution >= 0.6 is 11.6 Å². The molecule has 0 saturated carbocycles. The summed E-state index contributed by atoms with van der Waals surface area (Å²) in [6.45, 7) is 6.21. The van der Waals surface area contributed by atoms with Crippen LogP contribution in [-0.4, -0.2) is 20.8 Å². The Hall–Kier alpha value is -2.12. The molecule has 2 rings (SSSR count). The molecule has 0 fully saturated rings. The topological polar surface area (TPSA) is 69.4 Å². The van der Waals surface area contributed by atoms with Crippen molar-refractivity contribution in [2.24, 2.45) is 0 Å². The van der Waals surface area contributed by atoms with Gasteiger partial charge in [-0.05, 0) is 49.8 Å². The second kappa shape index (κ2) is 7.48. The molecular weight excluding hydrogens is 396 g/mol. The lowest BCUT2D eigenvalue weighted by atomic mass is 9.94. The predicted octanol–water partition coefficient (Wildman–Crippen LogP) is 5.06. The van der Waals surface area contributed by atoms with Crippen LogP contribution in [0.4, 0.5) is 14.5 Å². The van der Waals surface area contributed by atoms with E-state index in [1.807, 2.05) is 0 Å². The third kappa shape index (κ3) is 3.94. The second-order valence-electron chi connectivity index (χ2n) is 6.21. The van der Waals surface area contributed by atoms with E-state index in [2.05, 4.69) is 6.58 Å². The zero-order valence-corrected chi connectivity index (χ0v) is 16.7. The monoisotopic (exact) mass is 415 g/mol. The van der Waals surface area contributed by atoms with Crippen molar-refractivity contribution in [3.63, 3.8) is 0 Å². The van der Waals surface area contributed by atoms with Crippen molar-refractivity contribution < 1.29 is 21.9 Å². The van der Waals surface area contributed by atoms with Crippen molar-refractivity contribution in [2.45, 2.75) is 29.9 Å². The molecule has 0 bridgehead atoms. The average molecular weight is 416 g/mol. The van der Waals surface area contributed by atoms with Crippen molar-refractivity contribution in [3.05, 3.63) is 53.6 Å². The minimum absolute atomic E-state index is 0.0152. The summed E-state index contributed by atoms with van der Waals surface area (Å²) in [5.74, 6) is -3.29. The number of methoxy groups -OCH3 is 1. The number of allylic oxidation sites excluding steroid dienone is 1. The summed E-state index contributed by atoms with van der Waals surface area (Å²) in [7, 11) is -2.39. The maximum Gasteiger partial charge on any atom is 0.292 e. The Morgan fingerprint density at radius 3 is 2.41 bits per heavy atom. The van der Waals surface area contributed by atoms with Gasteiger partial charge in [0, 0.05) is 16.8 Å². The van der Waals surface area contributed by atoms with Gasteiger partial charge >= 0.3 is 0 Å². The fourth-order valence-electron chi connectivity index (χ4n) is 2.60. The minimum Gasteiger partial charge on any atom is -0.495 e. The third-order valence-corrected chi connectivity index (χ3v) is 6.58. The van der Waals surface area contributed by atoms with Crippen LogP contribution in [0.25, 0.3) is 11.1 Å². The number of hydrogen-bond donors (Lipinski definition) is 1. The molecule has 0 spiro atoms. The molecule has 8 heteroatoms. The van der Waals surface area contributed by atoms with E-state index in [0.29, 0.717) is 6.08 Å². The lowest BCUT2D eigenvalue weighted by Crippen LogP contribution is -2.15. The first-order valence-electron chi connectivity index (χ1n) is 7.99. The molecule has 0 atom stereocenters. The molecule has 0 aliphatic rings. The largest absolute Gasteiger partial charge is 0.495 e. The number of alkyl halides is 2. The van der Waals surface area contributed by atoms with Crippen LogP contribution in [0.3, 0.4) is 0 Å². The number of ether oxygens (including phenoxy) is 1. The van der Waals surface area contributed by atoms with Crippen LogP contribution in [0, 0.1) is 0 Å². The molecule has 27 heavy (non-hydrogen) atoms. The van der Waals surface area contributed by atoms with E-state index >= 15 is 0 Å². The summed E-state index contributed by atoms with van der Waals surface area (Å²) in [4.78, 5) is -0.0988. The Morgan fingerprint density at radius 2 is 1.89 bits per heavy atom. The molecule has 2 aromatic rings. The van der Waals surface area contributed by atoms with E-state index in [-0.39, 0.29) is 32.5 Å². The Morgan fingerprint density at radius 1 is 1.26 bits per heavy atom. The molecule has 2 aromatic carbocycles. The van der Waals surface area contributed by atoms with Gasteiger partial charge in [0.25, 0.3) is 5.92 Å². The first-order valence-corrected chi connectivity index (χ1v) is 9.91. The van der Waals surface area contributed by atoms with Crippen LogP contribution in [0.1, 0.15) is 19.4 Å². The van der Waals surface area contributed by atoms with E-state index in [4.69, 9.17) is 22.1 Å². The lowest BCUT2D eigenvalue weighted by Gasteiger charge is -2.20. The molecule has 146 valence electrons. The van der Waals surface area contributed by atoms with Gasteiger partial charge in [-0.25, -0.2) is 8.42 Å². The smallest absolute Gasteiger partial charge is 0.292 e. The number of benzene rings is 2. The number of sulfone groups is 1. The van der Waals surface area contributed by atoms with Crippen molar-refractivity contribution in [3.8, 4) is 16.9 Å². The van der Waals surface area contributed by atoms with E-state index in [9.17, 15) is 17.2 Å². The molecule has 0 heterocycles. The predicted molar refractivity (Wildman–Crippen MR) is 104 cm³/mol. The Kier molecular flexibility index (Phi) is 5.87. The second-order valence-corrected chi connectivity index (χ2v) is 9.09. The van der Waals surface area contributed by atoms with Crippen LogP contribution in [0.5, 0.6) is 5.75 Å². The summed E-state index contributed by atoms with van der Waals surface area (Å²) in [5.41, 5.74) is 5.47. The van der Waals surface area contributed by atoms with E-state index in [0.717, 1.165) is 6.07 Å². The zero-order valence-electron chi connectivity index (χ0n) is 15.1. The van der Waals surface area contributed by atoms with Crippen molar-refractivity contribution in [1.29, 1.82) is 0 Å². The lowest BCUT2D eigenvalue weighted by molar-refractivity contribution is 0.0532. The first kappa shape index (κ1) is 21.2. The Bertz CT molecular complexity index is 989. The molecule has 4 nitrogen and oxygen atoms in total. The first-order chi connectivity index (χ1) is 12.5. The van der Waals surface area contributed by atoms with Gasteiger partial charge in [-0.3, -0.25) is 0 Å². The van der Waals surface area contributed by atoms with Gasteiger partial charge in [0.2, 0.25) is 0 Å². The van der Waals surface area contributed by atoms with Gasteiger partial charge in [-0.2, -0.15) is 8.78 Å².